The molecule has 1 aromatic heterocycles. The van der Waals surface area contributed by atoms with Gasteiger partial charge in [0.2, 0.25) is 0 Å². The molecule has 2 aromatic carbocycles. The lowest BCUT2D eigenvalue weighted by atomic mass is 9.99. The fourth-order valence-corrected chi connectivity index (χ4v) is 3.79. The van der Waals surface area contributed by atoms with E-state index in [1.54, 1.807) is 18.3 Å². The molecule has 1 heterocycles. The molecule has 0 aliphatic rings. The number of nitrogens with zero attached hydrogens (tertiary/aromatic N) is 3. The van der Waals surface area contributed by atoms with E-state index >= 15 is 0 Å². The van der Waals surface area contributed by atoms with Crippen LogP contribution in [0, 0.1) is 0 Å². The van der Waals surface area contributed by atoms with Crippen LogP contribution in [0.25, 0.3) is 0 Å². The Morgan fingerprint density at radius 3 is 2.37 bits per heavy atom. The standard InChI is InChI=1S/C24H29BrN4O2.C2H6.CH5N/c1-3-21(19-12-7-8-13-22(19)30)28-23-20(25)16-27-29(23)15-9-14-26-24(31)17(2)18-10-5-4-6-11-18;2*1-2/h4-8,10-13,16-17,24,26,30-31H,3,9,14-15H2,1-2H3;1-2H3;2H2,1H3/b28-21+;;. The van der Waals surface area contributed by atoms with E-state index in [1.165, 1.54) is 7.05 Å². The van der Waals surface area contributed by atoms with Crippen LogP contribution in [0.5, 0.6) is 5.75 Å². The molecule has 192 valence electrons. The lowest BCUT2D eigenvalue weighted by Gasteiger charge is -2.20. The first-order chi connectivity index (χ1) is 17.0. The summed E-state index contributed by atoms with van der Waals surface area (Å²) in [5, 5.41) is 28.3. The van der Waals surface area contributed by atoms with Crippen LogP contribution in [0.4, 0.5) is 5.82 Å². The number of rotatable bonds is 10. The minimum absolute atomic E-state index is 0.00544. The minimum atomic E-state index is -0.614. The number of aliphatic hydroxyl groups is 1. The third-order valence-corrected chi connectivity index (χ3v) is 5.82. The number of phenols is 1. The monoisotopic (exact) mass is 545 g/mol. The summed E-state index contributed by atoms with van der Waals surface area (Å²) in [6, 6.07) is 17.2. The van der Waals surface area contributed by atoms with Crippen LogP contribution in [0.15, 0.2) is 70.3 Å². The van der Waals surface area contributed by atoms with Crippen molar-refractivity contribution < 1.29 is 10.2 Å². The molecule has 0 aliphatic carbocycles. The Hall–Kier alpha value is -2.52. The zero-order valence-electron chi connectivity index (χ0n) is 21.4. The number of nitrogens with one attached hydrogen (secondary N) is 1. The van der Waals surface area contributed by atoms with Crippen LogP contribution in [0.2, 0.25) is 0 Å². The number of hydrogen-bond acceptors (Lipinski definition) is 6. The average Bonchev–Trinajstić information content (AvgIpc) is 3.26. The first-order valence-electron chi connectivity index (χ1n) is 12.1. The van der Waals surface area contributed by atoms with E-state index < -0.39 is 6.23 Å². The Morgan fingerprint density at radius 1 is 1.11 bits per heavy atom. The van der Waals surface area contributed by atoms with Crippen LogP contribution >= 0.6 is 15.9 Å². The molecule has 0 saturated carbocycles. The maximum atomic E-state index is 10.4. The highest BCUT2D eigenvalue weighted by Gasteiger charge is 2.16. The van der Waals surface area contributed by atoms with Crippen molar-refractivity contribution in [2.24, 2.45) is 10.7 Å². The number of halogens is 1. The van der Waals surface area contributed by atoms with E-state index in [2.05, 4.69) is 32.1 Å². The third-order valence-electron chi connectivity index (χ3n) is 5.26. The summed E-state index contributed by atoms with van der Waals surface area (Å²) in [6.45, 7) is 9.33. The normalized spacial score (nSPS) is 12.6. The molecular weight excluding hydrogens is 506 g/mol. The van der Waals surface area contributed by atoms with Crippen molar-refractivity contribution in [2.75, 3.05) is 13.6 Å². The topological polar surface area (TPSA) is 109 Å². The number of aliphatic imine (C=N–C) groups is 1. The van der Waals surface area contributed by atoms with Gasteiger partial charge in [0.1, 0.15) is 12.0 Å². The molecule has 7 nitrogen and oxygen atoms in total. The maximum absolute atomic E-state index is 10.4. The highest BCUT2D eigenvalue weighted by Crippen LogP contribution is 2.28. The van der Waals surface area contributed by atoms with Gasteiger partial charge in [-0.15, -0.1) is 0 Å². The van der Waals surface area contributed by atoms with Gasteiger partial charge in [-0.3, -0.25) is 5.32 Å². The number of aromatic hydroxyl groups is 1. The Morgan fingerprint density at radius 2 is 1.74 bits per heavy atom. The van der Waals surface area contributed by atoms with Crippen LogP contribution < -0.4 is 11.1 Å². The molecular formula is C27H40BrN5O2. The van der Waals surface area contributed by atoms with E-state index in [1.807, 2.05) is 74.8 Å². The molecule has 0 fully saturated rings. The summed E-state index contributed by atoms with van der Waals surface area (Å²) in [7, 11) is 1.50. The minimum Gasteiger partial charge on any atom is -0.507 e. The second-order valence-corrected chi connectivity index (χ2v) is 8.27. The van der Waals surface area contributed by atoms with E-state index in [9.17, 15) is 10.2 Å². The fourth-order valence-electron chi connectivity index (χ4n) is 3.40. The van der Waals surface area contributed by atoms with Gasteiger partial charge >= 0.3 is 0 Å². The van der Waals surface area contributed by atoms with Gasteiger partial charge in [-0.25, -0.2) is 9.67 Å². The highest BCUT2D eigenvalue weighted by molar-refractivity contribution is 9.10. The Bertz CT molecular complexity index is 1010. The molecule has 2 unspecified atom stereocenters. The first-order valence-corrected chi connectivity index (χ1v) is 12.9. The Balaban J connectivity index is 0.00000145. The van der Waals surface area contributed by atoms with Crippen molar-refractivity contribution in [3.05, 3.63) is 76.4 Å². The molecule has 3 aromatic rings. The van der Waals surface area contributed by atoms with Crippen molar-refractivity contribution in [3.63, 3.8) is 0 Å². The van der Waals surface area contributed by atoms with Crippen LogP contribution in [-0.4, -0.2) is 45.5 Å². The van der Waals surface area contributed by atoms with Crippen molar-refractivity contribution in [1.29, 1.82) is 0 Å². The molecule has 5 N–H and O–H groups in total. The van der Waals surface area contributed by atoms with Gasteiger partial charge in [0.15, 0.2) is 5.82 Å². The van der Waals surface area contributed by atoms with Crippen LogP contribution in [0.1, 0.15) is 57.6 Å². The van der Waals surface area contributed by atoms with Crippen molar-refractivity contribution >= 4 is 27.5 Å². The molecule has 0 radical (unpaired) electrons. The number of phenolic OH excluding ortho intramolecular Hbond substituents is 1. The van der Waals surface area contributed by atoms with Gasteiger partial charge in [-0.2, -0.15) is 5.10 Å². The average molecular weight is 547 g/mol. The van der Waals surface area contributed by atoms with E-state index in [-0.39, 0.29) is 11.7 Å². The van der Waals surface area contributed by atoms with Crippen molar-refractivity contribution in [2.45, 2.75) is 59.2 Å². The van der Waals surface area contributed by atoms with E-state index in [0.29, 0.717) is 19.5 Å². The van der Waals surface area contributed by atoms with Gasteiger partial charge in [0.25, 0.3) is 0 Å². The van der Waals surface area contributed by atoms with Gasteiger partial charge in [0.05, 0.1) is 16.4 Å². The summed E-state index contributed by atoms with van der Waals surface area (Å²) < 4.78 is 2.65. The van der Waals surface area contributed by atoms with Crippen LogP contribution in [-0.2, 0) is 6.54 Å². The van der Waals surface area contributed by atoms with Crippen molar-refractivity contribution in [3.8, 4) is 5.75 Å². The quantitative estimate of drug-likeness (QED) is 0.151. The van der Waals surface area contributed by atoms with Gasteiger partial charge in [-0.05, 0) is 60.1 Å². The van der Waals surface area contributed by atoms with Crippen molar-refractivity contribution in [1.82, 2.24) is 15.1 Å². The lowest BCUT2D eigenvalue weighted by molar-refractivity contribution is 0.112. The zero-order valence-corrected chi connectivity index (χ0v) is 23.0. The van der Waals surface area contributed by atoms with Gasteiger partial charge in [0, 0.05) is 18.0 Å². The van der Waals surface area contributed by atoms with Gasteiger partial charge < -0.3 is 15.9 Å². The Labute approximate surface area is 218 Å². The third kappa shape index (κ3) is 9.22. The second kappa shape index (κ2) is 17.0. The number of aromatic nitrogens is 2. The number of aliphatic hydroxyl groups excluding tert-OH is 1. The SMILES string of the molecule is CC.CC/C(=N\c1c(Br)cnn1CCCNC(O)C(C)c1ccccc1)c1ccccc1O.CN. The van der Waals surface area contributed by atoms with E-state index in [0.717, 1.165) is 33.5 Å². The highest BCUT2D eigenvalue weighted by atomic mass is 79.9. The molecule has 35 heavy (non-hydrogen) atoms. The number of aryl methyl sites for hydroxylation is 1. The molecule has 3 rings (SSSR count). The molecule has 0 bridgehead atoms. The molecule has 0 aliphatic heterocycles. The fraction of sp³-hybridized carbons (Fsp3) is 0.407. The predicted molar refractivity (Wildman–Crippen MR) is 149 cm³/mol. The number of benzene rings is 2. The number of para-hydroxylation sites is 1. The summed E-state index contributed by atoms with van der Waals surface area (Å²) in [4.78, 5) is 4.79. The smallest absolute Gasteiger partial charge is 0.165 e. The van der Waals surface area contributed by atoms with Gasteiger partial charge in [-0.1, -0.05) is 70.2 Å². The Kier molecular flexibility index (Phi) is 14.8. The molecule has 0 spiro atoms. The maximum Gasteiger partial charge on any atom is 0.165 e. The van der Waals surface area contributed by atoms with Crippen LogP contribution in [0.3, 0.4) is 0 Å². The second-order valence-electron chi connectivity index (χ2n) is 7.42. The zero-order chi connectivity index (χ0) is 26.2. The number of hydrogen-bond donors (Lipinski definition) is 4. The van der Waals surface area contributed by atoms with E-state index in [4.69, 9.17) is 4.99 Å². The summed E-state index contributed by atoms with van der Waals surface area (Å²) in [5.41, 5.74) is 7.13. The summed E-state index contributed by atoms with van der Waals surface area (Å²) in [6.07, 6.45) is 2.58. The summed E-state index contributed by atoms with van der Waals surface area (Å²) in [5.74, 6) is 0.945. The molecule has 2 atom stereocenters. The number of nitrogens with two attached hydrogens (primary N) is 1. The lowest BCUT2D eigenvalue weighted by Crippen LogP contribution is -2.34. The predicted octanol–water partition coefficient (Wildman–Crippen LogP) is 5.58. The molecule has 0 amide bonds. The molecule has 0 saturated heterocycles. The largest absolute Gasteiger partial charge is 0.507 e. The summed E-state index contributed by atoms with van der Waals surface area (Å²) >= 11 is 3.53. The molecule has 8 heteroatoms. The first kappa shape index (κ1) is 30.5.